The second kappa shape index (κ2) is 7.46. The number of aromatic nitrogens is 3. The molecule has 1 aliphatic rings. The maximum Gasteiger partial charge on any atom is 0.492 e. The molecule has 1 saturated heterocycles. The van der Waals surface area contributed by atoms with E-state index in [2.05, 4.69) is 15.3 Å². The Hall–Kier alpha value is -2.39. The molecule has 0 radical (unpaired) electrons. The van der Waals surface area contributed by atoms with Crippen LogP contribution in [-0.2, 0) is 14.0 Å². The largest absolute Gasteiger partial charge is 0.492 e. The van der Waals surface area contributed by atoms with Crippen molar-refractivity contribution in [3.63, 3.8) is 0 Å². The van der Waals surface area contributed by atoms with Gasteiger partial charge in [-0.3, -0.25) is 4.40 Å². The lowest BCUT2D eigenvalue weighted by Crippen LogP contribution is -2.41. The van der Waals surface area contributed by atoms with Crippen LogP contribution >= 0.6 is 0 Å². The predicted molar refractivity (Wildman–Crippen MR) is 111 cm³/mol. The summed E-state index contributed by atoms with van der Waals surface area (Å²) in [5.41, 5.74) is -0.0112. The summed E-state index contributed by atoms with van der Waals surface area (Å²) >= 11 is 0. The van der Waals surface area contributed by atoms with Crippen molar-refractivity contribution in [2.45, 2.75) is 65.3 Å². The standard InChI is InChI=1S/C20H29BN4O4/c1-18(2,3)27-17(26)24-12-14(21-28-19(4,5)20(6,7)29-21)11-15-13-23-16-22-9-8-10-25(15)16/h8-11,13H,12H2,1-7H3,(H,24,26). The van der Waals surface area contributed by atoms with Crippen LogP contribution in [0.3, 0.4) is 0 Å². The van der Waals surface area contributed by atoms with Crippen molar-refractivity contribution in [2.75, 3.05) is 6.54 Å². The van der Waals surface area contributed by atoms with Gasteiger partial charge in [-0.2, -0.15) is 0 Å². The third kappa shape index (κ3) is 4.79. The molecule has 0 aliphatic carbocycles. The molecule has 8 nitrogen and oxygen atoms in total. The van der Waals surface area contributed by atoms with Gasteiger partial charge < -0.3 is 19.4 Å². The first-order chi connectivity index (χ1) is 13.4. The van der Waals surface area contributed by atoms with Gasteiger partial charge in [-0.25, -0.2) is 14.8 Å². The van der Waals surface area contributed by atoms with Gasteiger partial charge in [0.15, 0.2) is 0 Å². The minimum absolute atomic E-state index is 0.208. The van der Waals surface area contributed by atoms with Crippen molar-refractivity contribution in [3.05, 3.63) is 35.8 Å². The number of nitrogens with one attached hydrogen (secondary N) is 1. The van der Waals surface area contributed by atoms with E-state index in [0.717, 1.165) is 11.2 Å². The Kier molecular flexibility index (Phi) is 5.49. The fraction of sp³-hybridized carbons (Fsp3) is 0.550. The van der Waals surface area contributed by atoms with Crippen molar-refractivity contribution < 1.29 is 18.8 Å². The molecule has 0 aromatic carbocycles. The first kappa shape index (κ1) is 21.3. The van der Waals surface area contributed by atoms with Crippen LogP contribution < -0.4 is 5.32 Å². The molecule has 3 rings (SSSR count). The minimum atomic E-state index is -0.614. The number of ether oxygens (including phenoxy) is 1. The van der Waals surface area contributed by atoms with E-state index in [4.69, 9.17) is 14.0 Å². The molecule has 1 N–H and O–H groups in total. The Morgan fingerprint density at radius 1 is 1.24 bits per heavy atom. The molecule has 2 aromatic rings. The van der Waals surface area contributed by atoms with Crippen molar-refractivity contribution in [2.24, 2.45) is 0 Å². The van der Waals surface area contributed by atoms with E-state index in [1.807, 2.05) is 71.2 Å². The molecule has 29 heavy (non-hydrogen) atoms. The van der Waals surface area contributed by atoms with Crippen LogP contribution in [0.25, 0.3) is 11.9 Å². The highest BCUT2D eigenvalue weighted by Gasteiger charge is 2.52. The van der Waals surface area contributed by atoms with Gasteiger partial charge in [-0.15, -0.1) is 0 Å². The summed E-state index contributed by atoms with van der Waals surface area (Å²) in [5, 5.41) is 2.80. The Morgan fingerprint density at radius 3 is 2.52 bits per heavy atom. The molecular formula is C20H29BN4O4. The lowest BCUT2D eigenvalue weighted by atomic mass is 9.77. The van der Waals surface area contributed by atoms with Gasteiger partial charge in [0.1, 0.15) is 5.60 Å². The lowest BCUT2D eigenvalue weighted by molar-refractivity contribution is 0.00578. The molecule has 0 bridgehead atoms. The van der Waals surface area contributed by atoms with Gasteiger partial charge in [0.05, 0.1) is 23.1 Å². The zero-order valence-electron chi connectivity index (χ0n) is 18.1. The number of fused-ring (bicyclic) bond motifs is 1. The number of nitrogens with zero attached hydrogens (tertiary/aromatic N) is 3. The zero-order valence-corrected chi connectivity index (χ0v) is 18.1. The average Bonchev–Trinajstić information content (AvgIpc) is 3.08. The van der Waals surface area contributed by atoms with Gasteiger partial charge in [0, 0.05) is 18.9 Å². The average molecular weight is 400 g/mol. The van der Waals surface area contributed by atoms with Crippen LogP contribution in [0.15, 0.2) is 30.1 Å². The Balaban J connectivity index is 1.89. The molecule has 0 atom stereocenters. The predicted octanol–water partition coefficient (Wildman–Crippen LogP) is 3.27. The Morgan fingerprint density at radius 2 is 1.90 bits per heavy atom. The monoisotopic (exact) mass is 400 g/mol. The quantitative estimate of drug-likeness (QED) is 0.793. The van der Waals surface area contributed by atoms with E-state index in [-0.39, 0.29) is 6.54 Å². The van der Waals surface area contributed by atoms with Gasteiger partial charge >= 0.3 is 13.2 Å². The van der Waals surface area contributed by atoms with Crippen LogP contribution in [0.1, 0.15) is 54.2 Å². The molecule has 0 saturated carbocycles. The fourth-order valence-electron chi connectivity index (χ4n) is 2.83. The Bertz CT molecular complexity index is 914. The molecule has 1 aliphatic heterocycles. The molecule has 9 heteroatoms. The number of carbonyl (C=O) groups excluding carboxylic acids is 1. The third-order valence-electron chi connectivity index (χ3n) is 5.04. The molecular weight excluding hydrogens is 371 g/mol. The number of carbonyl (C=O) groups is 1. The highest BCUT2D eigenvalue weighted by molar-refractivity contribution is 6.56. The first-order valence-electron chi connectivity index (χ1n) is 9.69. The lowest BCUT2D eigenvalue weighted by Gasteiger charge is -2.32. The first-order valence-corrected chi connectivity index (χ1v) is 9.69. The summed E-state index contributed by atoms with van der Waals surface area (Å²) in [7, 11) is -0.614. The van der Waals surface area contributed by atoms with Crippen LogP contribution in [0.2, 0.25) is 0 Å². The van der Waals surface area contributed by atoms with Gasteiger partial charge in [0.25, 0.3) is 0 Å². The Labute approximate surface area is 171 Å². The topological polar surface area (TPSA) is 87.0 Å². The third-order valence-corrected chi connectivity index (χ3v) is 5.04. The normalized spacial score (nSPS) is 18.9. The minimum Gasteiger partial charge on any atom is -0.444 e. The van der Waals surface area contributed by atoms with Gasteiger partial charge in [-0.1, -0.05) is 0 Å². The van der Waals surface area contributed by atoms with Crippen LogP contribution in [-0.4, -0.2) is 50.9 Å². The number of rotatable bonds is 4. The number of hydrogen-bond acceptors (Lipinski definition) is 6. The van der Waals surface area contributed by atoms with Gasteiger partial charge in [0.2, 0.25) is 5.78 Å². The summed E-state index contributed by atoms with van der Waals surface area (Å²) in [5.74, 6) is 0.590. The van der Waals surface area contributed by atoms with Gasteiger partial charge in [-0.05, 0) is 66.1 Å². The van der Waals surface area contributed by atoms with E-state index in [9.17, 15) is 4.79 Å². The fourth-order valence-corrected chi connectivity index (χ4v) is 2.83. The summed E-state index contributed by atoms with van der Waals surface area (Å²) in [4.78, 5) is 20.7. The molecule has 3 heterocycles. The summed E-state index contributed by atoms with van der Waals surface area (Å²) < 4.78 is 19.6. The second-order valence-corrected chi connectivity index (χ2v) is 9.14. The van der Waals surface area contributed by atoms with Crippen molar-refractivity contribution in [3.8, 4) is 0 Å². The van der Waals surface area contributed by atoms with E-state index in [1.54, 1.807) is 12.4 Å². The highest BCUT2D eigenvalue weighted by Crippen LogP contribution is 2.38. The number of alkyl carbamates (subject to hydrolysis) is 1. The van der Waals surface area contributed by atoms with Crippen molar-refractivity contribution >= 4 is 25.1 Å². The smallest absolute Gasteiger partial charge is 0.444 e. The molecule has 156 valence electrons. The van der Waals surface area contributed by atoms with E-state index in [0.29, 0.717) is 5.78 Å². The van der Waals surface area contributed by atoms with Crippen LogP contribution in [0, 0.1) is 0 Å². The molecule has 0 spiro atoms. The summed E-state index contributed by atoms with van der Waals surface area (Å²) in [6.45, 7) is 13.6. The number of imidazole rings is 1. The van der Waals surface area contributed by atoms with Crippen molar-refractivity contribution in [1.29, 1.82) is 0 Å². The molecule has 0 unspecified atom stereocenters. The number of amides is 1. The van der Waals surface area contributed by atoms with Crippen LogP contribution in [0.4, 0.5) is 4.79 Å². The molecule has 1 fully saturated rings. The molecule has 2 aromatic heterocycles. The van der Waals surface area contributed by atoms with Crippen LogP contribution in [0.5, 0.6) is 0 Å². The second-order valence-electron chi connectivity index (χ2n) is 9.14. The summed E-state index contributed by atoms with van der Waals surface area (Å²) in [6, 6.07) is 1.83. The highest BCUT2D eigenvalue weighted by atomic mass is 16.7. The van der Waals surface area contributed by atoms with E-state index < -0.39 is 30.0 Å². The zero-order chi connectivity index (χ0) is 21.4. The van der Waals surface area contributed by atoms with E-state index >= 15 is 0 Å². The number of hydrogen-bond donors (Lipinski definition) is 1. The van der Waals surface area contributed by atoms with E-state index in [1.165, 1.54) is 0 Å². The van der Waals surface area contributed by atoms with Crippen molar-refractivity contribution in [1.82, 2.24) is 19.7 Å². The summed E-state index contributed by atoms with van der Waals surface area (Å²) in [6.07, 6.45) is 6.70. The molecule has 1 amide bonds. The SMILES string of the molecule is CC(C)(C)OC(=O)NCC(=Cc1cnc2ncccn12)B1OC(C)(C)C(C)(C)O1. The maximum absolute atomic E-state index is 12.2. The maximum atomic E-state index is 12.2.